The van der Waals surface area contributed by atoms with Gasteiger partial charge < -0.3 is 25.4 Å². The third-order valence-electron chi connectivity index (χ3n) is 9.51. The number of nitrogens with two attached hydrogens (primary N) is 1. The van der Waals surface area contributed by atoms with Crippen molar-refractivity contribution in [3.8, 4) is 22.7 Å². The molecule has 0 amide bonds. The zero-order valence-electron chi connectivity index (χ0n) is 28.3. The Labute approximate surface area is 283 Å². The molecule has 49 heavy (non-hydrogen) atoms. The fourth-order valence-corrected chi connectivity index (χ4v) is 6.68. The molecular formula is C36H42F3N7O3. The molecule has 2 aromatic carbocycles. The van der Waals surface area contributed by atoms with E-state index in [4.69, 9.17) is 15.2 Å². The minimum atomic E-state index is -4.81. The first-order valence-electron chi connectivity index (χ1n) is 16.5. The van der Waals surface area contributed by atoms with E-state index in [0.29, 0.717) is 37.6 Å². The number of anilines is 2. The van der Waals surface area contributed by atoms with Gasteiger partial charge in [0.25, 0.3) is 0 Å². The molecule has 10 nitrogen and oxygen atoms in total. The Kier molecular flexibility index (Phi) is 9.31. The van der Waals surface area contributed by atoms with Gasteiger partial charge in [0.2, 0.25) is 17.9 Å². The maximum Gasteiger partial charge on any atom is 0.429 e. The summed E-state index contributed by atoms with van der Waals surface area (Å²) >= 11 is 0. The van der Waals surface area contributed by atoms with Gasteiger partial charge in [-0.3, -0.25) is 4.79 Å². The Bertz CT molecular complexity index is 1830. The van der Waals surface area contributed by atoms with Gasteiger partial charge in [0.1, 0.15) is 11.9 Å². The molecule has 2 aliphatic rings. The molecule has 0 radical (unpaired) electrons. The number of aryl methyl sites for hydroxylation is 3. The van der Waals surface area contributed by atoms with Crippen molar-refractivity contribution in [1.29, 1.82) is 0 Å². The van der Waals surface area contributed by atoms with E-state index in [0.717, 1.165) is 35.1 Å². The molecule has 4 aromatic rings. The van der Waals surface area contributed by atoms with E-state index in [-0.39, 0.29) is 46.6 Å². The summed E-state index contributed by atoms with van der Waals surface area (Å²) in [6, 6.07) is 13.5. The van der Waals surface area contributed by atoms with Crippen LogP contribution >= 0.6 is 0 Å². The lowest BCUT2D eigenvalue weighted by Gasteiger charge is -2.39. The molecule has 3 N–H and O–H groups in total. The van der Waals surface area contributed by atoms with Gasteiger partial charge in [-0.05, 0) is 93.7 Å². The smallest absolute Gasteiger partial charge is 0.429 e. The summed E-state index contributed by atoms with van der Waals surface area (Å²) in [5.41, 5.74) is 10.5. The fourth-order valence-electron chi connectivity index (χ4n) is 6.68. The van der Waals surface area contributed by atoms with E-state index in [2.05, 4.69) is 20.4 Å². The third-order valence-corrected chi connectivity index (χ3v) is 9.51. The number of alkyl halides is 3. The topological polar surface area (TPSA) is 120 Å². The van der Waals surface area contributed by atoms with Crippen molar-refractivity contribution >= 4 is 17.7 Å². The maximum atomic E-state index is 14.9. The minimum Gasteiger partial charge on any atom is -0.462 e. The summed E-state index contributed by atoms with van der Waals surface area (Å²) in [6.07, 6.45) is -3.55. The highest BCUT2D eigenvalue weighted by atomic mass is 19.4. The second kappa shape index (κ2) is 13.3. The van der Waals surface area contributed by atoms with Crippen molar-refractivity contribution in [2.45, 2.75) is 78.3 Å². The van der Waals surface area contributed by atoms with Crippen LogP contribution in [0.4, 0.5) is 24.9 Å². The minimum absolute atomic E-state index is 0.0822. The largest absolute Gasteiger partial charge is 0.462 e. The van der Waals surface area contributed by atoms with Crippen molar-refractivity contribution < 1.29 is 27.4 Å². The molecule has 2 aliphatic heterocycles. The van der Waals surface area contributed by atoms with Crippen LogP contribution in [-0.4, -0.2) is 63.7 Å². The standard InChI is InChI=1S/C36H42F3N7O3/c1-21(2)48-33(47)28-19-35(20-41-28)11-14-45(15-12-35)30-18-31(43-34(40)42-30)49-32(36(37,38)39)27-9-8-26(25-7-6-22(3)23(4)16-25)17-29(27)46-13-10-24(5)44-46/h6-10,13,16-18,21,28,32,41H,11-12,14-15,19-20H2,1-5H3,(H2,40,42,43)/t28?,32-/m1/s1. The first-order valence-corrected chi connectivity index (χ1v) is 16.5. The van der Waals surface area contributed by atoms with Gasteiger partial charge in [0.05, 0.1) is 17.5 Å². The van der Waals surface area contributed by atoms with Crippen molar-refractivity contribution in [2.75, 3.05) is 30.3 Å². The third kappa shape index (κ3) is 7.51. The lowest BCUT2D eigenvalue weighted by atomic mass is 9.76. The number of nitrogen functional groups attached to an aromatic ring is 1. The summed E-state index contributed by atoms with van der Waals surface area (Å²) in [5, 5.41) is 7.75. The number of halogens is 3. The van der Waals surface area contributed by atoms with Crippen LogP contribution in [0.3, 0.4) is 0 Å². The van der Waals surface area contributed by atoms with Crippen LogP contribution in [0.5, 0.6) is 5.88 Å². The van der Waals surface area contributed by atoms with Crippen molar-refractivity contribution in [2.24, 2.45) is 5.41 Å². The first-order chi connectivity index (χ1) is 23.2. The molecule has 2 fully saturated rings. The van der Waals surface area contributed by atoms with Gasteiger partial charge in [0.15, 0.2) is 0 Å². The second-order valence-corrected chi connectivity index (χ2v) is 13.5. The van der Waals surface area contributed by atoms with Crippen LogP contribution in [0.15, 0.2) is 54.7 Å². The number of piperidine rings is 1. The SMILES string of the molecule is Cc1ccn(-c2cc(-c3ccc(C)c(C)c3)ccc2[C@@H](Oc2cc(N3CCC4(CC3)CNC(C(=O)OC(C)C)C4)nc(N)n2)C(F)(F)F)n1. The summed E-state index contributed by atoms with van der Waals surface area (Å²) in [5.74, 6) is -0.344. The summed E-state index contributed by atoms with van der Waals surface area (Å²) in [7, 11) is 0. The van der Waals surface area contributed by atoms with E-state index in [1.807, 2.05) is 50.8 Å². The lowest BCUT2D eigenvalue weighted by Crippen LogP contribution is -2.41. The quantitative estimate of drug-likeness (QED) is 0.204. The molecule has 13 heteroatoms. The van der Waals surface area contributed by atoms with E-state index in [1.165, 1.54) is 16.8 Å². The van der Waals surface area contributed by atoms with Crippen molar-refractivity contribution in [3.05, 3.63) is 77.1 Å². The van der Waals surface area contributed by atoms with E-state index in [1.54, 1.807) is 31.3 Å². The van der Waals surface area contributed by atoms with Crippen molar-refractivity contribution in [3.63, 3.8) is 0 Å². The lowest BCUT2D eigenvalue weighted by molar-refractivity contribution is -0.198. The van der Waals surface area contributed by atoms with Crippen LogP contribution in [0.2, 0.25) is 0 Å². The molecule has 0 aliphatic carbocycles. The van der Waals surface area contributed by atoms with Crippen LogP contribution in [0.1, 0.15) is 61.6 Å². The zero-order valence-corrected chi connectivity index (χ0v) is 28.3. The number of nitrogens with one attached hydrogen (secondary N) is 1. The molecule has 0 saturated carbocycles. The van der Waals surface area contributed by atoms with Gasteiger partial charge >= 0.3 is 12.1 Å². The second-order valence-electron chi connectivity index (χ2n) is 13.5. The Hall–Kier alpha value is -4.65. The molecule has 1 unspecified atom stereocenters. The average Bonchev–Trinajstić information content (AvgIpc) is 3.67. The number of benzene rings is 2. The molecule has 4 heterocycles. The Morgan fingerprint density at radius 3 is 2.37 bits per heavy atom. The summed E-state index contributed by atoms with van der Waals surface area (Å²) < 4.78 is 57.3. The number of carbonyl (C=O) groups is 1. The Morgan fingerprint density at radius 2 is 1.71 bits per heavy atom. The average molecular weight is 678 g/mol. The maximum absolute atomic E-state index is 14.9. The monoisotopic (exact) mass is 677 g/mol. The summed E-state index contributed by atoms with van der Waals surface area (Å²) in [6.45, 7) is 11.3. The van der Waals surface area contributed by atoms with Crippen LogP contribution in [0.25, 0.3) is 16.8 Å². The Morgan fingerprint density at radius 1 is 1.00 bits per heavy atom. The summed E-state index contributed by atoms with van der Waals surface area (Å²) in [4.78, 5) is 22.9. The number of ether oxygens (including phenoxy) is 2. The normalized spacial score (nSPS) is 18.2. The van der Waals surface area contributed by atoms with Crippen LogP contribution < -0.4 is 20.7 Å². The number of hydrogen-bond donors (Lipinski definition) is 2. The van der Waals surface area contributed by atoms with E-state index < -0.39 is 12.3 Å². The van der Waals surface area contributed by atoms with Gasteiger partial charge in [0, 0.05) is 37.5 Å². The zero-order chi connectivity index (χ0) is 35.1. The predicted molar refractivity (Wildman–Crippen MR) is 181 cm³/mol. The Balaban J connectivity index is 1.26. The number of nitrogens with zero attached hydrogens (tertiary/aromatic N) is 5. The number of aromatic nitrogens is 4. The molecule has 2 saturated heterocycles. The molecule has 2 aromatic heterocycles. The van der Waals surface area contributed by atoms with Crippen LogP contribution in [0, 0.1) is 26.2 Å². The van der Waals surface area contributed by atoms with Crippen molar-refractivity contribution in [1.82, 2.24) is 25.1 Å². The number of esters is 1. The molecule has 260 valence electrons. The fraction of sp³-hybridized carbons (Fsp3) is 0.444. The number of hydrogen-bond acceptors (Lipinski definition) is 9. The first kappa shape index (κ1) is 34.2. The van der Waals surface area contributed by atoms with E-state index >= 15 is 0 Å². The highest BCUT2D eigenvalue weighted by Gasteiger charge is 2.46. The van der Waals surface area contributed by atoms with Gasteiger partial charge in [-0.1, -0.05) is 30.3 Å². The van der Waals surface area contributed by atoms with Gasteiger partial charge in [-0.2, -0.15) is 28.2 Å². The molecule has 2 atom stereocenters. The molecule has 1 spiro atoms. The van der Waals surface area contributed by atoms with Gasteiger partial charge in [-0.25, -0.2) is 4.68 Å². The predicted octanol–water partition coefficient (Wildman–Crippen LogP) is 6.42. The van der Waals surface area contributed by atoms with Crippen LogP contribution in [-0.2, 0) is 9.53 Å². The highest BCUT2D eigenvalue weighted by Crippen LogP contribution is 2.43. The molecule has 6 rings (SSSR count). The highest BCUT2D eigenvalue weighted by molar-refractivity contribution is 5.76. The number of rotatable bonds is 8. The molecular weight excluding hydrogens is 635 g/mol. The molecule has 0 bridgehead atoms. The number of carbonyl (C=O) groups excluding carboxylic acids is 1. The van der Waals surface area contributed by atoms with E-state index in [9.17, 15) is 18.0 Å². The van der Waals surface area contributed by atoms with Gasteiger partial charge in [-0.15, -0.1) is 0 Å².